The van der Waals surface area contributed by atoms with Crippen molar-refractivity contribution >= 4 is 17.7 Å². The van der Waals surface area contributed by atoms with Crippen LogP contribution in [0.2, 0.25) is 0 Å². The predicted molar refractivity (Wildman–Crippen MR) is 92.5 cm³/mol. The van der Waals surface area contributed by atoms with Crippen molar-refractivity contribution in [1.29, 1.82) is 0 Å². The van der Waals surface area contributed by atoms with Crippen LogP contribution in [-0.4, -0.2) is 44.4 Å². The van der Waals surface area contributed by atoms with Crippen LogP contribution in [0, 0.1) is 0 Å². The number of hydrogen-bond acceptors (Lipinski definition) is 3. The van der Waals surface area contributed by atoms with Gasteiger partial charge in [0.1, 0.15) is 0 Å². The van der Waals surface area contributed by atoms with E-state index in [9.17, 15) is 4.79 Å². The van der Waals surface area contributed by atoms with Crippen LogP contribution >= 0.6 is 11.8 Å². The monoisotopic (exact) mass is 315 g/mol. The molecular formula is C18H21NO2S. The highest BCUT2D eigenvalue weighted by Crippen LogP contribution is 2.24. The lowest BCUT2D eigenvalue weighted by atomic mass is 10.0. The fraction of sp³-hybridized carbons (Fsp3) is 0.278. The van der Waals surface area contributed by atoms with Gasteiger partial charge < -0.3 is 9.64 Å². The molecule has 0 heterocycles. The molecule has 22 heavy (non-hydrogen) atoms. The van der Waals surface area contributed by atoms with E-state index in [0.717, 1.165) is 11.1 Å². The fourth-order valence-electron chi connectivity index (χ4n) is 2.17. The molecule has 1 amide bonds. The second-order valence-corrected chi connectivity index (χ2v) is 5.91. The summed E-state index contributed by atoms with van der Waals surface area (Å²) in [5, 5.41) is 0. The summed E-state index contributed by atoms with van der Waals surface area (Å²) in [5.74, 6) is 0.0135. The first-order chi connectivity index (χ1) is 10.7. The number of nitrogens with zero attached hydrogens (tertiary/aromatic N) is 1. The Labute approximate surface area is 136 Å². The van der Waals surface area contributed by atoms with Crippen molar-refractivity contribution in [1.82, 2.24) is 4.90 Å². The number of likely N-dealkylation sites (N-methyl/N-ethyl adjacent to an activating group) is 1. The average molecular weight is 315 g/mol. The Morgan fingerprint density at radius 1 is 1.14 bits per heavy atom. The summed E-state index contributed by atoms with van der Waals surface area (Å²) in [7, 11) is 3.43. The van der Waals surface area contributed by atoms with Gasteiger partial charge in [-0.05, 0) is 41.6 Å². The van der Waals surface area contributed by atoms with Crippen molar-refractivity contribution in [3.63, 3.8) is 0 Å². The highest BCUT2D eigenvalue weighted by atomic mass is 32.2. The minimum Gasteiger partial charge on any atom is -0.383 e. The van der Waals surface area contributed by atoms with E-state index in [4.69, 9.17) is 4.74 Å². The Bertz CT molecular complexity index is 625. The van der Waals surface area contributed by atoms with Crippen molar-refractivity contribution in [2.45, 2.75) is 4.90 Å². The minimum atomic E-state index is 0.0135. The molecule has 0 N–H and O–H groups in total. The molecule has 0 bridgehead atoms. The molecule has 0 aliphatic rings. The highest BCUT2D eigenvalue weighted by Gasteiger charge is 2.12. The van der Waals surface area contributed by atoms with Gasteiger partial charge in [0, 0.05) is 31.2 Å². The van der Waals surface area contributed by atoms with E-state index in [1.54, 1.807) is 30.8 Å². The van der Waals surface area contributed by atoms with Gasteiger partial charge in [-0.3, -0.25) is 4.79 Å². The van der Waals surface area contributed by atoms with E-state index in [1.165, 1.54) is 4.90 Å². The molecule has 0 unspecified atom stereocenters. The van der Waals surface area contributed by atoms with E-state index in [0.29, 0.717) is 18.7 Å². The van der Waals surface area contributed by atoms with Crippen LogP contribution in [0.3, 0.4) is 0 Å². The van der Waals surface area contributed by atoms with Gasteiger partial charge in [-0.25, -0.2) is 0 Å². The molecule has 0 spiro atoms. The number of methoxy groups -OCH3 is 1. The van der Waals surface area contributed by atoms with Gasteiger partial charge in [0.25, 0.3) is 5.91 Å². The molecular weight excluding hydrogens is 294 g/mol. The maximum Gasteiger partial charge on any atom is 0.253 e. The zero-order valence-corrected chi connectivity index (χ0v) is 14.0. The third kappa shape index (κ3) is 4.12. The van der Waals surface area contributed by atoms with Gasteiger partial charge in [-0.1, -0.05) is 24.3 Å². The lowest BCUT2D eigenvalue weighted by Crippen LogP contribution is -2.29. The Hall–Kier alpha value is -1.78. The molecule has 0 aliphatic heterocycles. The SMILES string of the molecule is COCCN(C)C(=O)c1cccc(-c2ccc(SC)cc2)c1. The quantitative estimate of drug-likeness (QED) is 0.760. The number of carbonyl (C=O) groups is 1. The van der Waals surface area contributed by atoms with Crippen LogP contribution in [0.1, 0.15) is 10.4 Å². The van der Waals surface area contributed by atoms with Gasteiger partial charge in [0.2, 0.25) is 0 Å². The Balaban J connectivity index is 2.20. The highest BCUT2D eigenvalue weighted by molar-refractivity contribution is 7.98. The number of ether oxygens (including phenoxy) is 1. The molecule has 4 heteroatoms. The van der Waals surface area contributed by atoms with Crippen LogP contribution in [0.5, 0.6) is 0 Å². The number of carbonyl (C=O) groups excluding carboxylic acids is 1. The molecule has 2 aromatic carbocycles. The van der Waals surface area contributed by atoms with Crippen molar-refractivity contribution in [2.75, 3.05) is 33.6 Å². The number of rotatable bonds is 6. The average Bonchev–Trinajstić information content (AvgIpc) is 2.59. The summed E-state index contributed by atoms with van der Waals surface area (Å²) in [4.78, 5) is 15.3. The largest absolute Gasteiger partial charge is 0.383 e. The maximum absolute atomic E-state index is 12.4. The molecule has 2 rings (SSSR count). The van der Waals surface area contributed by atoms with Gasteiger partial charge >= 0.3 is 0 Å². The lowest BCUT2D eigenvalue weighted by molar-refractivity contribution is 0.0744. The number of benzene rings is 2. The van der Waals surface area contributed by atoms with E-state index in [2.05, 4.69) is 30.5 Å². The van der Waals surface area contributed by atoms with E-state index in [-0.39, 0.29) is 5.91 Å². The number of amides is 1. The van der Waals surface area contributed by atoms with Crippen LogP contribution in [0.25, 0.3) is 11.1 Å². The lowest BCUT2D eigenvalue weighted by Gasteiger charge is -2.17. The van der Waals surface area contributed by atoms with Crippen LogP contribution in [0.4, 0.5) is 0 Å². The zero-order valence-electron chi connectivity index (χ0n) is 13.2. The topological polar surface area (TPSA) is 29.5 Å². The second-order valence-electron chi connectivity index (χ2n) is 5.03. The molecule has 0 atom stereocenters. The summed E-state index contributed by atoms with van der Waals surface area (Å²) in [6.45, 7) is 1.13. The normalized spacial score (nSPS) is 10.5. The van der Waals surface area contributed by atoms with Crippen molar-refractivity contribution in [3.8, 4) is 11.1 Å². The molecule has 0 radical (unpaired) electrons. The minimum absolute atomic E-state index is 0.0135. The summed E-state index contributed by atoms with van der Waals surface area (Å²) in [6.07, 6.45) is 2.06. The standard InChI is InChI=1S/C18H21NO2S/c1-19(11-12-21-2)18(20)16-6-4-5-15(13-16)14-7-9-17(22-3)10-8-14/h4-10,13H,11-12H2,1-3H3. The van der Waals surface area contributed by atoms with Gasteiger partial charge in [0.15, 0.2) is 0 Å². The van der Waals surface area contributed by atoms with E-state index >= 15 is 0 Å². The van der Waals surface area contributed by atoms with Crippen LogP contribution in [-0.2, 0) is 4.74 Å². The fourth-order valence-corrected chi connectivity index (χ4v) is 2.57. The molecule has 0 saturated heterocycles. The van der Waals surface area contributed by atoms with Gasteiger partial charge in [-0.2, -0.15) is 0 Å². The first kappa shape index (κ1) is 16.6. The molecule has 0 saturated carbocycles. The molecule has 2 aromatic rings. The van der Waals surface area contributed by atoms with Gasteiger partial charge in [0.05, 0.1) is 6.61 Å². The maximum atomic E-state index is 12.4. The van der Waals surface area contributed by atoms with Crippen molar-refractivity contribution in [3.05, 3.63) is 54.1 Å². The van der Waals surface area contributed by atoms with E-state index in [1.807, 2.05) is 24.3 Å². The summed E-state index contributed by atoms with van der Waals surface area (Å²) < 4.78 is 5.02. The number of thioether (sulfide) groups is 1. The zero-order chi connectivity index (χ0) is 15.9. The Morgan fingerprint density at radius 3 is 2.50 bits per heavy atom. The van der Waals surface area contributed by atoms with Crippen LogP contribution < -0.4 is 0 Å². The molecule has 3 nitrogen and oxygen atoms in total. The summed E-state index contributed by atoms with van der Waals surface area (Å²) >= 11 is 1.72. The third-order valence-corrected chi connectivity index (χ3v) is 4.25. The Morgan fingerprint density at radius 2 is 1.86 bits per heavy atom. The van der Waals surface area contributed by atoms with Gasteiger partial charge in [-0.15, -0.1) is 11.8 Å². The van der Waals surface area contributed by atoms with Crippen molar-refractivity contribution in [2.24, 2.45) is 0 Å². The molecule has 0 aliphatic carbocycles. The third-order valence-electron chi connectivity index (χ3n) is 3.51. The predicted octanol–water partition coefficient (Wildman–Crippen LogP) is 3.79. The Kier molecular flexibility index (Phi) is 6.04. The van der Waals surface area contributed by atoms with Crippen molar-refractivity contribution < 1.29 is 9.53 Å². The first-order valence-corrected chi connectivity index (χ1v) is 8.37. The second kappa shape index (κ2) is 8.01. The molecule has 0 aromatic heterocycles. The van der Waals surface area contributed by atoms with E-state index < -0.39 is 0 Å². The molecule has 116 valence electrons. The van der Waals surface area contributed by atoms with Crippen LogP contribution in [0.15, 0.2) is 53.4 Å². The molecule has 0 fully saturated rings. The number of hydrogen-bond donors (Lipinski definition) is 0. The first-order valence-electron chi connectivity index (χ1n) is 7.14. The summed E-state index contributed by atoms with van der Waals surface area (Å²) in [6, 6.07) is 16.1. The summed E-state index contributed by atoms with van der Waals surface area (Å²) in [5.41, 5.74) is 2.87. The smallest absolute Gasteiger partial charge is 0.253 e.